The largest absolute Gasteiger partial charge is 0.482 e. The number of imide groups is 1. The summed E-state index contributed by atoms with van der Waals surface area (Å²) in [6.45, 7) is 1.16. The molecule has 3 aromatic carbocycles. The van der Waals surface area contributed by atoms with Gasteiger partial charge in [0.05, 0.1) is 21.7 Å². The van der Waals surface area contributed by atoms with E-state index in [0.717, 1.165) is 4.90 Å². The molecule has 0 saturated heterocycles. The number of amides is 2. The molecule has 0 atom stereocenters. The maximum Gasteiger partial charge on any atom is 0.349 e. The number of hydrogen-bond acceptors (Lipinski definition) is 7. The van der Waals surface area contributed by atoms with Crippen LogP contribution in [0.3, 0.4) is 0 Å². The fourth-order valence-electron chi connectivity index (χ4n) is 3.31. The van der Waals surface area contributed by atoms with Gasteiger partial charge in [0.15, 0.2) is 6.61 Å². The summed E-state index contributed by atoms with van der Waals surface area (Å²) in [7, 11) is 0. The molecule has 0 N–H and O–H groups in total. The van der Waals surface area contributed by atoms with E-state index in [0.29, 0.717) is 28.1 Å². The van der Waals surface area contributed by atoms with Crippen LogP contribution in [0.25, 0.3) is 0 Å². The molecule has 0 spiro atoms. The first-order valence-electron chi connectivity index (χ1n) is 9.51. The lowest BCUT2D eigenvalue weighted by atomic mass is 10.1. The topological polar surface area (TPSA) is 116 Å². The van der Waals surface area contributed by atoms with Crippen LogP contribution < -0.4 is 14.4 Å². The molecule has 0 aromatic heterocycles. The number of nitro benzene ring substituents is 1. The fraction of sp³-hybridized carbons (Fsp3) is 0.0870. The van der Waals surface area contributed by atoms with Crippen LogP contribution in [-0.4, -0.2) is 29.3 Å². The van der Waals surface area contributed by atoms with Gasteiger partial charge in [-0.25, -0.2) is 9.69 Å². The lowest BCUT2D eigenvalue weighted by molar-refractivity contribution is -0.385. The molecule has 3 aromatic rings. The molecular weight excluding hydrogens is 416 g/mol. The van der Waals surface area contributed by atoms with Crippen LogP contribution in [0.4, 0.5) is 11.4 Å². The Labute approximate surface area is 181 Å². The minimum Gasteiger partial charge on any atom is -0.482 e. The van der Waals surface area contributed by atoms with Gasteiger partial charge in [0.25, 0.3) is 17.5 Å². The Morgan fingerprint density at radius 2 is 1.53 bits per heavy atom. The van der Waals surface area contributed by atoms with E-state index >= 15 is 0 Å². The van der Waals surface area contributed by atoms with E-state index in [1.807, 2.05) is 0 Å². The summed E-state index contributed by atoms with van der Waals surface area (Å²) in [4.78, 5) is 48.6. The van der Waals surface area contributed by atoms with E-state index in [-0.39, 0.29) is 11.4 Å². The molecule has 1 aliphatic rings. The van der Waals surface area contributed by atoms with Crippen LogP contribution in [0.2, 0.25) is 0 Å². The molecule has 2 amide bonds. The third-order valence-corrected chi connectivity index (χ3v) is 4.84. The number of esters is 1. The molecule has 160 valence electrons. The summed E-state index contributed by atoms with van der Waals surface area (Å²) >= 11 is 0. The Balaban J connectivity index is 1.38. The van der Waals surface area contributed by atoms with E-state index in [9.17, 15) is 24.5 Å². The summed E-state index contributed by atoms with van der Waals surface area (Å²) in [5.74, 6) is -1.01. The molecule has 0 unspecified atom stereocenters. The highest BCUT2D eigenvalue weighted by Crippen LogP contribution is 2.29. The molecule has 9 heteroatoms. The van der Waals surface area contributed by atoms with E-state index in [1.54, 1.807) is 31.2 Å². The summed E-state index contributed by atoms with van der Waals surface area (Å²) in [6, 6.07) is 16.7. The highest BCUT2D eigenvalue weighted by atomic mass is 16.6. The molecule has 0 aliphatic carbocycles. The second-order valence-electron chi connectivity index (χ2n) is 6.95. The Hall–Kier alpha value is -4.53. The lowest BCUT2D eigenvalue weighted by Gasteiger charge is -2.14. The first-order valence-corrected chi connectivity index (χ1v) is 9.51. The molecule has 0 saturated carbocycles. The minimum absolute atomic E-state index is 0.0434. The lowest BCUT2D eigenvalue weighted by Crippen LogP contribution is -2.29. The zero-order chi connectivity index (χ0) is 22.8. The molecule has 4 rings (SSSR count). The molecule has 32 heavy (non-hydrogen) atoms. The predicted octanol–water partition coefficient (Wildman–Crippen LogP) is 3.69. The van der Waals surface area contributed by atoms with Crippen LogP contribution in [0.5, 0.6) is 11.5 Å². The van der Waals surface area contributed by atoms with Gasteiger partial charge >= 0.3 is 5.97 Å². The first-order chi connectivity index (χ1) is 15.3. The van der Waals surface area contributed by atoms with Crippen LogP contribution >= 0.6 is 0 Å². The van der Waals surface area contributed by atoms with Crippen LogP contribution in [0.1, 0.15) is 26.3 Å². The molecular formula is C23H16N2O7. The number of hydrogen-bond donors (Lipinski definition) is 0. The number of carbonyl (C=O) groups is 3. The molecule has 9 nitrogen and oxygen atoms in total. The molecule has 1 heterocycles. The average Bonchev–Trinajstić information content (AvgIpc) is 3.03. The second-order valence-corrected chi connectivity index (χ2v) is 6.95. The molecule has 1 aliphatic heterocycles. The van der Waals surface area contributed by atoms with Crippen molar-refractivity contribution in [2.75, 3.05) is 11.5 Å². The smallest absolute Gasteiger partial charge is 0.349 e. The van der Waals surface area contributed by atoms with Gasteiger partial charge < -0.3 is 9.47 Å². The third-order valence-electron chi connectivity index (χ3n) is 4.84. The van der Waals surface area contributed by atoms with Crippen molar-refractivity contribution in [3.05, 3.63) is 93.5 Å². The number of rotatable bonds is 6. The van der Waals surface area contributed by atoms with E-state index in [1.165, 1.54) is 42.5 Å². The van der Waals surface area contributed by atoms with Crippen molar-refractivity contribution in [1.29, 1.82) is 0 Å². The monoisotopic (exact) mass is 432 g/mol. The summed E-state index contributed by atoms with van der Waals surface area (Å²) in [6.07, 6.45) is 0. The third kappa shape index (κ3) is 3.91. The van der Waals surface area contributed by atoms with Gasteiger partial charge in [0.1, 0.15) is 11.5 Å². The van der Waals surface area contributed by atoms with Crippen LogP contribution in [-0.2, 0) is 4.79 Å². The Morgan fingerprint density at radius 1 is 0.938 bits per heavy atom. The first kappa shape index (κ1) is 20.7. The van der Waals surface area contributed by atoms with Crippen LogP contribution in [0, 0.1) is 17.0 Å². The molecule has 0 fully saturated rings. The molecule has 0 bridgehead atoms. The van der Waals surface area contributed by atoms with Crippen molar-refractivity contribution in [3.8, 4) is 11.5 Å². The normalized spacial score (nSPS) is 12.5. The highest BCUT2D eigenvalue weighted by Gasteiger charge is 2.36. The van der Waals surface area contributed by atoms with Gasteiger partial charge in [-0.15, -0.1) is 0 Å². The highest BCUT2D eigenvalue weighted by molar-refractivity contribution is 6.34. The predicted molar refractivity (Wildman–Crippen MR) is 113 cm³/mol. The Kier molecular flexibility index (Phi) is 5.38. The summed E-state index contributed by atoms with van der Waals surface area (Å²) in [5.41, 5.74) is 1.40. The number of benzene rings is 3. The van der Waals surface area contributed by atoms with Gasteiger partial charge in [0, 0.05) is 11.6 Å². The Morgan fingerprint density at radius 3 is 2.09 bits per heavy atom. The van der Waals surface area contributed by atoms with Crippen LogP contribution in [0.15, 0.2) is 66.7 Å². The SMILES string of the molecule is Cc1cc(OCC(=O)Oc2ccc(N3C(=O)c4ccccc4C3=O)cc2)ccc1[N+](=O)[O-]. The summed E-state index contributed by atoms with van der Waals surface area (Å²) < 4.78 is 10.5. The van der Waals surface area contributed by atoms with Crippen molar-refractivity contribution in [2.45, 2.75) is 6.92 Å². The van der Waals surface area contributed by atoms with Crippen molar-refractivity contribution in [3.63, 3.8) is 0 Å². The van der Waals surface area contributed by atoms with Crippen molar-refractivity contribution in [2.24, 2.45) is 0 Å². The maximum absolute atomic E-state index is 12.5. The number of nitrogens with zero attached hydrogens (tertiary/aromatic N) is 2. The molecule has 0 radical (unpaired) electrons. The number of fused-ring (bicyclic) bond motifs is 1. The summed E-state index contributed by atoms with van der Waals surface area (Å²) in [5, 5.41) is 10.9. The average molecular weight is 432 g/mol. The fourth-order valence-corrected chi connectivity index (χ4v) is 3.31. The van der Waals surface area contributed by atoms with Crippen molar-refractivity contribution >= 4 is 29.2 Å². The standard InChI is InChI=1S/C23H16N2O7/c1-14-12-17(10-11-20(14)25(29)30)31-13-21(26)32-16-8-6-15(7-9-16)24-22(27)18-4-2-3-5-19(18)23(24)28/h2-12H,13H2,1H3. The number of aryl methyl sites for hydroxylation is 1. The van der Waals surface area contributed by atoms with Gasteiger partial charge in [-0.1, -0.05) is 12.1 Å². The van der Waals surface area contributed by atoms with Gasteiger partial charge in [0.2, 0.25) is 0 Å². The zero-order valence-electron chi connectivity index (χ0n) is 16.8. The van der Waals surface area contributed by atoms with E-state index < -0.39 is 29.3 Å². The van der Waals surface area contributed by atoms with Crippen molar-refractivity contribution in [1.82, 2.24) is 0 Å². The van der Waals surface area contributed by atoms with Crippen molar-refractivity contribution < 1.29 is 28.8 Å². The quantitative estimate of drug-likeness (QED) is 0.192. The van der Waals surface area contributed by atoms with Gasteiger partial charge in [-0.2, -0.15) is 0 Å². The zero-order valence-corrected chi connectivity index (χ0v) is 16.8. The maximum atomic E-state index is 12.5. The van der Waals surface area contributed by atoms with E-state index in [2.05, 4.69) is 0 Å². The van der Waals surface area contributed by atoms with Gasteiger partial charge in [-0.05, 0) is 55.5 Å². The second kappa shape index (κ2) is 8.31. The Bertz CT molecular complexity index is 1220. The number of anilines is 1. The number of carbonyl (C=O) groups excluding carboxylic acids is 3. The van der Waals surface area contributed by atoms with E-state index in [4.69, 9.17) is 9.47 Å². The minimum atomic E-state index is -0.686. The number of ether oxygens (including phenoxy) is 2. The number of nitro groups is 1. The van der Waals surface area contributed by atoms with Gasteiger partial charge in [-0.3, -0.25) is 19.7 Å².